The van der Waals surface area contributed by atoms with Crippen LogP contribution in [-0.4, -0.2) is 75.3 Å². The zero-order valence-corrected chi connectivity index (χ0v) is 25.6. The normalized spacial score (nSPS) is 18.2. The van der Waals surface area contributed by atoms with Crippen molar-refractivity contribution in [1.82, 2.24) is 24.3 Å². The van der Waals surface area contributed by atoms with Crippen LogP contribution in [0.3, 0.4) is 0 Å². The zero-order valence-electron chi connectivity index (χ0n) is 22.5. The number of piperidine rings is 1. The number of fused-ring (bicyclic) bond motifs is 1. The predicted octanol–water partition coefficient (Wildman–Crippen LogP) is 6.29. The molecule has 3 aromatic carbocycles. The van der Waals surface area contributed by atoms with Gasteiger partial charge in [-0.2, -0.15) is 0 Å². The van der Waals surface area contributed by atoms with Gasteiger partial charge in [-0.15, -0.1) is 0 Å². The molecule has 0 N–H and O–H groups in total. The third-order valence-corrected chi connectivity index (χ3v) is 9.19. The van der Waals surface area contributed by atoms with Gasteiger partial charge in [0.05, 0.1) is 33.5 Å². The molecular formula is C31H30BrCl2N5O2. The number of amides is 2. The van der Waals surface area contributed by atoms with Gasteiger partial charge in [0.2, 0.25) is 5.91 Å². The third-order valence-electron chi connectivity index (χ3n) is 7.96. The molecule has 0 spiro atoms. The van der Waals surface area contributed by atoms with Gasteiger partial charge in [-0.25, -0.2) is 4.98 Å². The Hall–Kier alpha value is -2.91. The van der Waals surface area contributed by atoms with E-state index in [1.165, 1.54) is 0 Å². The number of aromatic nitrogens is 2. The van der Waals surface area contributed by atoms with Crippen LogP contribution in [0.5, 0.6) is 0 Å². The number of imidazole rings is 1. The average molecular weight is 655 g/mol. The molecule has 1 atom stereocenters. The van der Waals surface area contributed by atoms with Gasteiger partial charge in [0.15, 0.2) is 0 Å². The Bertz CT molecular complexity index is 1600. The second-order valence-electron chi connectivity index (χ2n) is 10.7. The fourth-order valence-electron chi connectivity index (χ4n) is 5.89. The zero-order chi connectivity index (χ0) is 28.5. The lowest BCUT2D eigenvalue weighted by molar-refractivity contribution is -0.139. The van der Waals surface area contributed by atoms with Crippen molar-refractivity contribution in [2.75, 3.05) is 39.3 Å². The molecule has 3 heterocycles. The summed E-state index contributed by atoms with van der Waals surface area (Å²) in [7, 11) is 0. The summed E-state index contributed by atoms with van der Waals surface area (Å²) in [6.07, 6.45) is 1.84. The Morgan fingerprint density at radius 1 is 0.878 bits per heavy atom. The van der Waals surface area contributed by atoms with Crippen LogP contribution < -0.4 is 0 Å². The van der Waals surface area contributed by atoms with E-state index >= 15 is 0 Å². The van der Waals surface area contributed by atoms with Crippen molar-refractivity contribution < 1.29 is 9.59 Å². The number of benzene rings is 3. The van der Waals surface area contributed by atoms with Gasteiger partial charge in [0.1, 0.15) is 5.82 Å². The lowest BCUT2D eigenvalue weighted by Crippen LogP contribution is -2.53. The average Bonchev–Trinajstić information content (AvgIpc) is 3.35. The van der Waals surface area contributed by atoms with Crippen molar-refractivity contribution in [3.63, 3.8) is 0 Å². The summed E-state index contributed by atoms with van der Waals surface area (Å²) in [6.45, 7) is 4.34. The Labute approximate surface area is 257 Å². The number of piperazine rings is 1. The maximum Gasteiger partial charge on any atom is 0.254 e. The first-order chi connectivity index (χ1) is 19.9. The fourth-order valence-corrected chi connectivity index (χ4v) is 6.57. The molecule has 2 amide bonds. The molecule has 2 aliphatic heterocycles. The smallest absolute Gasteiger partial charge is 0.254 e. The van der Waals surface area contributed by atoms with Crippen molar-refractivity contribution in [3.8, 4) is 5.69 Å². The lowest BCUT2D eigenvalue weighted by Gasteiger charge is -2.39. The Morgan fingerprint density at radius 3 is 2.44 bits per heavy atom. The van der Waals surface area contributed by atoms with Crippen LogP contribution in [-0.2, 0) is 11.3 Å². The van der Waals surface area contributed by atoms with Gasteiger partial charge in [0.25, 0.3) is 5.91 Å². The summed E-state index contributed by atoms with van der Waals surface area (Å²) < 4.78 is 3.23. The molecule has 0 radical (unpaired) electrons. The topological polar surface area (TPSA) is 61.7 Å². The van der Waals surface area contributed by atoms with Crippen molar-refractivity contribution in [2.24, 2.45) is 5.92 Å². The first kappa shape index (κ1) is 28.2. The van der Waals surface area contributed by atoms with E-state index in [9.17, 15) is 9.59 Å². The second-order valence-corrected chi connectivity index (χ2v) is 12.4. The van der Waals surface area contributed by atoms with E-state index in [2.05, 4.69) is 43.6 Å². The van der Waals surface area contributed by atoms with Crippen LogP contribution in [0.4, 0.5) is 0 Å². The number of hydrogen-bond donors (Lipinski definition) is 0. The van der Waals surface area contributed by atoms with Crippen LogP contribution in [0.2, 0.25) is 10.0 Å². The molecular weight excluding hydrogens is 625 g/mol. The lowest BCUT2D eigenvalue weighted by atomic mass is 9.96. The molecule has 1 aromatic heterocycles. The highest BCUT2D eigenvalue weighted by molar-refractivity contribution is 9.10. The fraction of sp³-hybridized carbons (Fsp3) is 0.323. The molecule has 2 saturated heterocycles. The first-order valence-corrected chi connectivity index (χ1v) is 15.4. The molecule has 41 heavy (non-hydrogen) atoms. The molecule has 2 fully saturated rings. The summed E-state index contributed by atoms with van der Waals surface area (Å²) in [5.74, 6) is 0.987. The highest BCUT2D eigenvalue weighted by atomic mass is 79.9. The molecule has 212 valence electrons. The van der Waals surface area contributed by atoms with Crippen LogP contribution in [0.25, 0.3) is 16.7 Å². The number of rotatable bonds is 5. The highest BCUT2D eigenvalue weighted by Gasteiger charge is 2.32. The maximum atomic E-state index is 13.6. The van der Waals surface area contributed by atoms with Gasteiger partial charge in [-0.3, -0.25) is 19.1 Å². The van der Waals surface area contributed by atoms with Gasteiger partial charge >= 0.3 is 0 Å². The van der Waals surface area contributed by atoms with E-state index in [0.29, 0.717) is 54.9 Å². The number of carbonyl (C=O) groups is 2. The van der Waals surface area contributed by atoms with E-state index in [-0.39, 0.29) is 17.7 Å². The van der Waals surface area contributed by atoms with Gasteiger partial charge in [0, 0.05) is 48.4 Å². The Balaban J connectivity index is 1.11. The molecule has 0 saturated carbocycles. The van der Waals surface area contributed by atoms with Crippen molar-refractivity contribution in [2.45, 2.75) is 19.4 Å². The molecule has 2 aliphatic rings. The monoisotopic (exact) mass is 653 g/mol. The minimum atomic E-state index is -0.0900. The predicted molar refractivity (Wildman–Crippen MR) is 166 cm³/mol. The summed E-state index contributed by atoms with van der Waals surface area (Å²) in [4.78, 5) is 37.6. The largest absolute Gasteiger partial charge is 0.339 e. The number of carbonyl (C=O) groups excluding carboxylic acids is 2. The third kappa shape index (κ3) is 6.02. The van der Waals surface area contributed by atoms with E-state index < -0.39 is 0 Å². The number of para-hydroxylation sites is 2. The summed E-state index contributed by atoms with van der Waals surface area (Å²) >= 11 is 15.7. The summed E-state index contributed by atoms with van der Waals surface area (Å²) in [6, 6.07) is 21.4. The van der Waals surface area contributed by atoms with E-state index in [4.69, 9.17) is 28.2 Å². The molecule has 0 bridgehead atoms. The van der Waals surface area contributed by atoms with E-state index in [1.54, 1.807) is 23.1 Å². The minimum absolute atomic E-state index is 0.0650. The summed E-state index contributed by atoms with van der Waals surface area (Å²) in [5, 5.41) is 0.783. The number of hydrogen-bond acceptors (Lipinski definition) is 4. The van der Waals surface area contributed by atoms with Gasteiger partial charge < -0.3 is 9.80 Å². The van der Waals surface area contributed by atoms with Crippen molar-refractivity contribution in [3.05, 3.63) is 92.6 Å². The van der Waals surface area contributed by atoms with Crippen molar-refractivity contribution in [1.29, 1.82) is 0 Å². The molecule has 7 nitrogen and oxygen atoms in total. The Kier molecular flexibility index (Phi) is 8.35. The number of halogens is 3. The van der Waals surface area contributed by atoms with E-state index in [0.717, 1.165) is 46.4 Å². The standard InChI is InChI=1S/C31H30BrCl2N5O2/c32-23-6-3-7-24(18-23)39-28-9-2-1-8-27(28)35-29(39)20-36-12-4-5-22(19-36)31(41)38-15-13-37(14-16-38)30(40)21-10-11-25(33)26(34)17-21/h1-3,6-11,17-18,22H,4-5,12-16,19-20H2/t22-/m1/s1. The van der Waals surface area contributed by atoms with Crippen LogP contribution in [0.15, 0.2) is 71.2 Å². The highest BCUT2D eigenvalue weighted by Crippen LogP contribution is 2.27. The molecule has 6 rings (SSSR count). The van der Waals surface area contributed by atoms with Crippen LogP contribution in [0.1, 0.15) is 29.0 Å². The van der Waals surface area contributed by atoms with Crippen molar-refractivity contribution >= 4 is 62.0 Å². The summed E-state index contributed by atoms with van der Waals surface area (Å²) in [5.41, 5.74) is 3.59. The van der Waals surface area contributed by atoms with Crippen LogP contribution in [0, 0.1) is 5.92 Å². The molecule has 0 unspecified atom stereocenters. The molecule has 4 aromatic rings. The van der Waals surface area contributed by atoms with Gasteiger partial charge in [-0.1, -0.05) is 57.3 Å². The number of likely N-dealkylation sites (tertiary alicyclic amines) is 1. The quantitative estimate of drug-likeness (QED) is 0.254. The molecule has 0 aliphatic carbocycles. The number of nitrogens with zero attached hydrogens (tertiary/aromatic N) is 5. The first-order valence-electron chi connectivity index (χ1n) is 13.8. The minimum Gasteiger partial charge on any atom is -0.339 e. The second kappa shape index (κ2) is 12.1. The van der Waals surface area contributed by atoms with E-state index in [1.807, 2.05) is 35.2 Å². The van der Waals surface area contributed by atoms with Gasteiger partial charge in [-0.05, 0) is 67.9 Å². The SMILES string of the molecule is O=C(c1ccc(Cl)c(Cl)c1)N1CCN(C(=O)[C@@H]2CCCN(Cc3nc4ccccc4n3-c3cccc(Br)c3)C2)CC1. The maximum absolute atomic E-state index is 13.6. The van der Waals surface area contributed by atoms with Crippen LogP contribution >= 0.6 is 39.1 Å². The molecule has 10 heteroatoms. The Morgan fingerprint density at radius 2 is 1.66 bits per heavy atom.